The van der Waals surface area contributed by atoms with Gasteiger partial charge in [0.1, 0.15) is 5.82 Å². The molecule has 18 heavy (non-hydrogen) atoms. The van der Waals surface area contributed by atoms with Crippen LogP contribution in [0.3, 0.4) is 0 Å². The summed E-state index contributed by atoms with van der Waals surface area (Å²) >= 11 is 0. The van der Waals surface area contributed by atoms with Crippen LogP contribution in [-0.2, 0) is 0 Å². The van der Waals surface area contributed by atoms with Crippen molar-refractivity contribution in [2.24, 2.45) is 5.92 Å². The Kier molecular flexibility index (Phi) is 4.33. The fourth-order valence-electron chi connectivity index (χ4n) is 2.97. The van der Waals surface area contributed by atoms with Crippen molar-refractivity contribution in [1.82, 2.24) is 15.3 Å². The molecular formula is C15H25N3. The van der Waals surface area contributed by atoms with Crippen LogP contribution in [0, 0.1) is 12.8 Å². The van der Waals surface area contributed by atoms with Crippen molar-refractivity contribution >= 4 is 0 Å². The van der Waals surface area contributed by atoms with E-state index in [-0.39, 0.29) is 0 Å². The van der Waals surface area contributed by atoms with Crippen LogP contribution in [0.15, 0.2) is 6.20 Å². The minimum atomic E-state index is 0.339. The van der Waals surface area contributed by atoms with E-state index in [4.69, 9.17) is 4.98 Å². The van der Waals surface area contributed by atoms with E-state index in [1.807, 2.05) is 6.20 Å². The van der Waals surface area contributed by atoms with Gasteiger partial charge in [0.25, 0.3) is 0 Å². The van der Waals surface area contributed by atoms with Gasteiger partial charge in [-0.05, 0) is 45.6 Å². The van der Waals surface area contributed by atoms with Crippen molar-refractivity contribution in [2.45, 2.75) is 58.9 Å². The summed E-state index contributed by atoms with van der Waals surface area (Å²) in [7, 11) is 0. The summed E-state index contributed by atoms with van der Waals surface area (Å²) in [6.07, 6.45) is 5.85. The van der Waals surface area contributed by atoms with Gasteiger partial charge in [0.05, 0.1) is 0 Å². The molecule has 0 radical (unpaired) electrons. The molecule has 1 aliphatic carbocycles. The monoisotopic (exact) mass is 247 g/mol. The van der Waals surface area contributed by atoms with Gasteiger partial charge >= 0.3 is 0 Å². The Hall–Kier alpha value is -0.960. The Morgan fingerprint density at radius 2 is 2.22 bits per heavy atom. The Bertz CT molecular complexity index is 403. The van der Waals surface area contributed by atoms with E-state index in [0.29, 0.717) is 12.0 Å². The molecule has 1 N–H and O–H groups in total. The SMILES string of the molecule is CCNC(C)c1cnc(C2CCC(C)C2)nc1C. The van der Waals surface area contributed by atoms with Gasteiger partial charge in [-0.3, -0.25) is 0 Å². The number of nitrogens with zero attached hydrogens (tertiary/aromatic N) is 2. The summed E-state index contributed by atoms with van der Waals surface area (Å²) in [6, 6.07) is 0.339. The minimum Gasteiger partial charge on any atom is -0.310 e. The van der Waals surface area contributed by atoms with Gasteiger partial charge in [-0.2, -0.15) is 0 Å². The Morgan fingerprint density at radius 1 is 1.44 bits per heavy atom. The third kappa shape index (κ3) is 2.89. The van der Waals surface area contributed by atoms with Crippen LogP contribution in [0.5, 0.6) is 0 Å². The zero-order valence-electron chi connectivity index (χ0n) is 12.0. The Balaban J connectivity index is 2.14. The molecular weight excluding hydrogens is 222 g/mol. The zero-order chi connectivity index (χ0) is 13.1. The third-order valence-electron chi connectivity index (χ3n) is 4.07. The van der Waals surface area contributed by atoms with Crippen LogP contribution in [0.4, 0.5) is 0 Å². The van der Waals surface area contributed by atoms with E-state index in [1.165, 1.54) is 24.8 Å². The lowest BCUT2D eigenvalue weighted by Crippen LogP contribution is -2.20. The maximum absolute atomic E-state index is 4.74. The van der Waals surface area contributed by atoms with Crippen molar-refractivity contribution in [2.75, 3.05) is 6.54 Å². The predicted octanol–water partition coefficient (Wildman–Crippen LogP) is 3.36. The molecule has 3 nitrogen and oxygen atoms in total. The molecule has 100 valence electrons. The fraction of sp³-hybridized carbons (Fsp3) is 0.733. The highest BCUT2D eigenvalue weighted by molar-refractivity contribution is 5.21. The lowest BCUT2D eigenvalue weighted by Gasteiger charge is -2.16. The molecule has 0 saturated heterocycles. The van der Waals surface area contributed by atoms with Crippen molar-refractivity contribution < 1.29 is 0 Å². The maximum atomic E-state index is 4.74. The van der Waals surface area contributed by atoms with E-state index in [2.05, 4.69) is 38.0 Å². The first kappa shape index (κ1) is 13.5. The topological polar surface area (TPSA) is 37.8 Å². The molecule has 3 unspecified atom stereocenters. The molecule has 1 aromatic heterocycles. The summed E-state index contributed by atoms with van der Waals surface area (Å²) < 4.78 is 0. The first-order valence-electron chi connectivity index (χ1n) is 7.18. The molecule has 0 spiro atoms. The summed E-state index contributed by atoms with van der Waals surface area (Å²) in [4.78, 5) is 9.35. The van der Waals surface area contributed by atoms with Gasteiger partial charge in [-0.25, -0.2) is 9.97 Å². The van der Waals surface area contributed by atoms with Gasteiger partial charge < -0.3 is 5.32 Å². The smallest absolute Gasteiger partial charge is 0.131 e. The summed E-state index contributed by atoms with van der Waals surface area (Å²) in [5.41, 5.74) is 2.36. The second-order valence-electron chi connectivity index (χ2n) is 5.66. The number of aromatic nitrogens is 2. The third-order valence-corrected chi connectivity index (χ3v) is 4.07. The van der Waals surface area contributed by atoms with Gasteiger partial charge in [-0.1, -0.05) is 13.8 Å². The average molecular weight is 247 g/mol. The molecule has 0 amide bonds. The molecule has 3 heteroatoms. The highest BCUT2D eigenvalue weighted by Gasteiger charge is 2.25. The second kappa shape index (κ2) is 5.79. The molecule has 0 aliphatic heterocycles. The highest BCUT2D eigenvalue weighted by Crippen LogP contribution is 2.36. The van der Waals surface area contributed by atoms with Gasteiger partial charge in [-0.15, -0.1) is 0 Å². The first-order valence-corrected chi connectivity index (χ1v) is 7.18. The summed E-state index contributed by atoms with van der Waals surface area (Å²) in [6.45, 7) is 9.71. The van der Waals surface area contributed by atoms with Crippen LogP contribution in [0.2, 0.25) is 0 Å². The van der Waals surface area contributed by atoms with E-state index < -0.39 is 0 Å². The molecule has 1 aromatic rings. The van der Waals surface area contributed by atoms with Crippen LogP contribution < -0.4 is 5.32 Å². The molecule has 0 aromatic carbocycles. The van der Waals surface area contributed by atoms with E-state index in [0.717, 1.165) is 24.0 Å². The Labute approximate surface area is 110 Å². The average Bonchev–Trinajstić information content (AvgIpc) is 2.76. The van der Waals surface area contributed by atoms with Gasteiger partial charge in [0.15, 0.2) is 0 Å². The molecule has 3 atom stereocenters. The lowest BCUT2D eigenvalue weighted by molar-refractivity contribution is 0.571. The van der Waals surface area contributed by atoms with Crippen molar-refractivity contribution in [3.63, 3.8) is 0 Å². The molecule has 0 bridgehead atoms. The zero-order valence-corrected chi connectivity index (χ0v) is 12.0. The van der Waals surface area contributed by atoms with Crippen LogP contribution in [0.25, 0.3) is 0 Å². The number of rotatable bonds is 4. The van der Waals surface area contributed by atoms with E-state index in [1.54, 1.807) is 0 Å². The fourth-order valence-corrected chi connectivity index (χ4v) is 2.97. The first-order chi connectivity index (χ1) is 8.61. The second-order valence-corrected chi connectivity index (χ2v) is 5.66. The van der Waals surface area contributed by atoms with Crippen molar-refractivity contribution in [1.29, 1.82) is 0 Å². The van der Waals surface area contributed by atoms with Crippen LogP contribution >= 0.6 is 0 Å². The number of hydrogen-bond acceptors (Lipinski definition) is 3. The molecule has 2 rings (SSSR count). The molecule has 1 aliphatic rings. The van der Waals surface area contributed by atoms with E-state index >= 15 is 0 Å². The van der Waals surface area contributed by atoms with Gasteiger partial charge in [0, 0.05) is 29.4 Å². The summed E-state index contributed by atoms with van der Waals surface area (Å²) in [5, 5.41) is 3.42. The maximum Gasteiger partial charge on any atom is 0.131 e. The Morgan fingerprint density at radius 3 is 2.78 bits per heavy atom. The normalized spacial score (nSPS) is 25.3. The number of nitrogens with one attached hydrogen (secondary N) is 1. The van der Waals surface area contributed by atoms with Crippen LogP contribution in [0.1, 0.15) is 69.1 Å². The lowest BCUT2D eigenvalue weighted by atomic mass is 10.0. The van der Waals surface area contributed by atoms with Crippen molar-refractivity contribution in [3.8, 4) is 0 Å². The van der Waals surface area contributed by atoms with Gasteiger partial charge in [0.2, 0.25) is 0 Å². The molecule has 1 fully saturated rings. The van der Waals surface area contributed by atoms with Crippen LogP contribution in [-0.4, -0.2) is 16.5 Å². The summed E-state index contributed by atoms with van der Waals surface area (Å²) in [5.74, 6) is 2.48. The number of hydrogen-bond donors (Lipinski definition) is 1. The van der Waals surface area contributed by atoms with Crippen molar-refractivity contribution in [3.05, 3.63) is 23.3 Å². The highest BCUT2D eigenvalue weighted by atomic mass is 14.9. The molecule has 1 saturated carbocycles. The molecule has 1 heterocycles. The minimum absolute atomic E-state index is 0.339. The largest absolute Gasteiger partial charge is 0.310 e. The quantitative estimate of drug-likeness (QED) is 0.886. The van der Waals surface area contributed by atoms with E-state index in [9.17, 15) is 0 Å². The predicted molar refractivity (Wildman–Crippen MR) is 74.6 cm³/mol. The standard InChI is InChI=1S/C15H25N3/c1-5-16-11(3)14-9-17-15(18-12(14)4)13-7-6-10(2)8-13/h9-11,13,16H,5-8H2,1-4H3. The number of aryl methyl sites for hydroxylation is 1.